The molecule has 0 bridgehead atoms. The molecule has 0 saturated carbocycles. The van der Waals surface area contributed by atoms with Crippen LogP contribution in [0.5, 0.6) is 0 Å². The minimum absolute atomic E-state index is 0.321. The van der Waals surface area contributed by atoms with Gasteiger partial charge < -0.3 is 21.1 Å². The van der Waals surface area contributed by atoms with Crippen LogP contribution in [0.2, 0.25) is 0 Å². The molecular formula is C13H27N2O9P. The number of hydrogen-bond donors (Lipinski definition) is 5. The van der Waals surface area contributed by atoms with Gasteiger partial charge in [0.1, 0.15) is 12.1 Å². The Morgan fingerprint density at radius 2 is 1.36 bits per heavy atom. The molecule has 12 heteroatoms. The lowest BCUT2D eigenvalue weighted by Gasteiger charge is -2.24. The van der Waals surface area contributed by atoms with E-state index in [1.807, 2.05) is 0 Å². The summed E-state index contributed by atoms with van der Waals surface area (Å²) in [7, 11) is -3.57. The molecule has 11 nitrogen and oxygen atoms in total. The van der Waals surface area contributed by atoms with Crippen molar-refractivity contribution >= 4 is 25.7 Å². The second-order valence-electron chi connectivity index (χ2n) is 5.54. The molecule has 0 radical (unpaired) electrons. The summed E-state index contributed by atoms with van der Waals surface area (Å²) in [6.45, 7) is 8.17. The summed E-state index contributed by atoms with van der Waals surface area (Å²) in [5.74, 6) is -3.61. The van der Waals surface area contributed by atoms with Gasteiger partial charge in [-0.3, -0.25) is 23.4 Å². The zero-order valence-electron chi connectivity index (χ0n) is 14.8. The zero-order chi connectivity index (χ0) is 20.4. The molecule has 0 fully saturated rings. The van der Waals surface area contributed by atoms with E-state index in [1.54, 1.807) is 27.7 Å². The van der Waals surface area contributed by atoms with Crippen LogP contribution in [0.15, 0.2) is 0 Å². The fourth-order valence-corrected chi connectivity index (χ4v) is 3.07. The molecular weight excluding hydrogens is 359 g/mol. The standard InChI is InChI=1S/C9H20NO5P.C4H7NO4/c1-6(2)14-16(13,15-7(3)4)10-8(5)9(11)12;5-2(4(8)9)1-3(6)7/h6-8H,1-5H3,(H,10,13)(H,11,12);2H,1,5H2,(H,6,7)(H,8,9). The van der Waals surface area contributed by atoms with Crippen LogP contribution in [0.1, 0.15) is 41.0 Å². The largest absolute Gasteiger partial charge is 0.481 e. The van der Waals surface area contributed by atoms with E-state index in [2.05, 4.69) is 5.09 Å². The van der Waals surface area contributed by atoms with E-state index in [4.69, 9.17) is 30.1 Å². The summed E-state index contributed by atoms with van der Waals surface area (Å²) in [5, 5.41) is 27.1. The maximum absolute atomic E-state index is 12.1. The van der Waals surface area contributed by atoms with Crippen molar-refractivity contribution in [3.63, 3.8) is 0 Å². The van der Waals surface area contributed by atoms with E-state index >= 15 is 0 Å². The first kappa shape index (κ1) is 25.7. The Morgan fingerprint density at radius 3 is 1.56 bits per heavy atom. The molecule has 2 atom stereocenters. The molecule has 0 spiro atoms. The average Bonchev–Trinajstić information content (AvgIpc) is 2.35. The van der Waals surface area contributed by atoms with Crippen LogP contribution in [-0.4, -0.2) is 57.5 Å². The number of carboxylic acids is 3. The second-order valence-corrected chi connectivity index (χ2v) is 7.21. The van der Waals surface area contributed by atoms with Gasteiger partial charge in [-0.2, -0.15) is 0 Å². The molecule has 0 aliphatic heterocycles. The summed E-state index contributed by atoms with van der Waals surface area (Å²) >= 11 is 0. The lowest BCUT2D eigenvalue weighted by molar-refractivity contribution is -0.144. The second kappa shape index (κ2) is 11.9. The van der Waals surface area contributed by atoms with E-state index in [0.717, 1.165) is 0 Å². The molecule has 25 heavy (non-hydrogen) atoms. The highest BCUT2D eigenvalue weighted by molar-refractivity contribution is 7.51. The number of rotatable bonds is 10. The number of hydrogen-bond acceptors (Lipinski definition) is 7. The molecule has 0 amide bonds. The predicted octanol–water partition coefficient (Wildman–Crippen LogP) is 0.880. The van der Waals surface area contributed by atoms with E-state index in [1.165, 1.54) is 6.92 Å². The lowest BCUT2D eigenvalue weighted by atomic mass is 10.2. The number of carbonyl (C=O) groups is 3. The Kier molecular flexibility index (Phi) is 12.3. The quantitative estimate of drug-likeness (QED) is 0.335. The molecule has 0 heterocycles. The Labute approximate surface area is 146 Å². The monoisotopic (exact) mass is 386 g/mol. The average molecular weight is 386 g/mol. The van der Waals surface area contributed by atoms with Crippen molar-refractivity contribution in [2.24, 2.45) is 5.73 Å². The summed E-state index contributed by atoms with van der Waals surface area (Å²) in [6.07, 6.45) is -1.17. The fourth-order valence-electron chi connectivity index (χ4n) is 1.21. The van der Waals surface area contributed by atoms with Crippen LogP contribution >= 0.6 is 7.75 Å². The Bertz CT molecular complexity index is 482. The molecule has 0 aliphatic carbocycles. The van der Waals surface area contributed by atoms with Crippen molar-refractivity contribution in [2.75, 3.05) is 0 Å². The zero-order valence-corrected chi connectivity index (χ0v) is 15.7. The predicted molar refractivity (Wildman–Crippen MR) is 88.1 cm³/mol. The fraction of sp³-hybridized carbons (Fsp3) is 0.769. The van der Waals surface area contributed by atoms with Gasteiger partial charge in [-0.25, -0.2) is 9.65 Å². The summed E-state index contributed by atoms with van der Waals surface area (Å²) in [4.78, 5) is 30.3. The Morgan fingerprint density at radius 1 is 0.960 bits per heavy atom. The Balaban J connectivity index is 0. The molecule has 2 unspecified atom stereocenters. The molecule has 6 N–H and O–H groups in total. The van der Waals surface area contributed by atoms with Crippen molar-refractivity contribution in [3.8, 4) is 0 Å². The third-order valence-electron chi connectivity index (χ3n) is 2.13. The van der Waals surface area contributed by atoms with Crippen LogP contribution in [0.3, 0.4) is 0 Å². The van der Waals surface area contributed by atoms with E-state index in [0.29, 0.717) is 0 Å². The number of carboxylic acid groups (broad SMARTS) is 3. The van der Waals surface area contributed by atoms with Gasteiger partial charge in [0.15, 0.2) is 0 Å². The normalized spacial score (nSPS) is 13.8. The summed E-state index contributed by atoms with van der Waals surface area (Å²) in [5.41, 5.74) is 4.84. The van der Waals surface area contributed by atoms with Gasteiger partial charge in [-0.05, 0) is 34.6 Å². The maximum atomic E-state index is 12.1. The molecule has 148 valence electrons. The smallest absolute Gasteiger partial charge is 0.406 e. The first-order valence-electron chi connectivity index (χ1n) is 7.37. The Hall–Kier alpha value is -1.52. The van der Waals surface area contributed by atoms with E-state index < -0.39 is 44.2 Å². The van der Waals surface area contributed by atoms with Crippen LogP contribution in [0, 0.1) is 0 Å². The highest BCUT2D eigenvalue weighted by Gasteiger charge is 2.31. The van der Waals surface area contributed by atoms with Crippen LogP contribution in [0.4, 0.5) is 0 Å². The van der Waals surface area contributed by atoms with Gasteiger partial charge in [-0.1, -0.05) is 0 Å². The molecule has 0 aromatic rings. The molecule has 0 aromatic carbocycles. The van der Waals surface area contributed by atoms with Crippen LogP contribution in [0.25, 0.3) is 0 Å². The first-order chi connectivity index (χ1) is 11.2. The van der Waals surface area contributed by atoms with Crippen molar-refractivity contribution in [2.45, 2.75) is 65.3 Å². The molecule has 0 rings (SSSR count). The van der Waals surface area contributed by atoms with Crippen molar-refractivity contribution in [3.05, 3.63) is 0 Å². The van der Waals surface area contributed by atoms with Gasteiger partial charge in [0.2, 0.25) is 0 Å². The van der Waals surface area contributed by atoms with E-state index in [-0.39, 0.29) is 12.2 Å². The first-order valence-corrected chi connectivity index (χ1v) is 8.92. The SMILES string of the molecule is CC(C)OP(=O)(NC(C)C(=O)O)OC(C)C.NC(CC(=O)O)C(=O)O. The topological polar surface area (TPSA) is 185 Å². The van der Waals surface area contributed by atoms with Crippen molar-refractivity contribution < 1.29 is 43.3 Å². The van der Waals surface area contributed by atoms with Gasteiger partial charge in [-0.15, -0.1) is 0 Å². The van der Waals surface area contributed by atoms with Crippen molar-refractivity contribution in [1.29, 1.82) is 0 Å². The minimum atomic E-state index is -3.57. The highest BCUT2D eigenvalue weighted by atomic mass is 31.2. The van der Waals surface area contributed by atoms with Gasteiger partial charge in [0.05, 0.1) is 18.6 Å². The van der Waals surface area contributed by atoms with Gasteiger partial charge in [0, 0.05) is 0 Å². The van der Waals surface area contributed by atoms with E-state index in [9.17, 15) is 18.9 Å². The lowest BCUT2D eigenvalue weighted by Crippen LogP contribution is -2.33. The van der Waals surface area contributed by atoms with Gasteiger partial charge >= 0.3 is 25.7 Å². The van der Waals surface area contributed by atoms with Gasteiger partial charge in [0.25, 0.3) is 0 Å². The van der Waals surface area contributed by atoms with Crippen molar-refractivity contribution in [1.82, 2.24) is 5.09 Å². The summed E-state index contributed by atoms with van der Waals surface area (Å²) in [6, 6.07) is -2.29. The third-order valence-corrected chi connectivity index (χ3v) is 4.23. The molecule has 0 aliphatic rings. The number of nitrogens with one attached hydrogen (secondary N) is 1. The summed E-state index contributed by atoms with van der Waals surface area (Å²) < 4.78 is 22.4. The minimum Gasteiger partial charge on any atom is -0.481 e. The van der Waals surface area contributed by atoms with Crippen LogP contribution < -0.4 is 10.8 Å². The maximum Gasteiger partial charge on any atom is 0.406 e. The number of nitrogens with two attached hydrogens (primary N) is 1. The van der Waals surface area contributed by atoms with Crippen LogP contribution in [-0.2, 0) is 28.0 Å². The number of aliphatic carboxylic acids is 3. The molecule has 0 aromatic heterocycles. The highest BCUT2D eigenvalue weighted by Crippen LogP contribution is 2.46. The molecule has 0 saturated heterocycles. The third kappa shape index (κ3) is 14.5.